The van der Waals surface area contributed by atoms with E-state index in [0.717, 1.165) is 0 Å². The van der Waals surface area contributed by atoms with Gasteiger partial charge in [0.1, 0.15) is 0 Å². The molecule has 0 bridgehead atoms. The van der Waals surface area contributed by atoms with Crippen LogP contribution in [0.15, 0.2) is 11.6 Å². The fourth-order valence-electron chi connectivity index (χ4n) is 3.06. The molecule has 0 saturated carbocycles. The lowest BCUT2D eigenvalue weighted by molar-refractivity contribution is 0.187. The molecule has 0 heteroatoms. The van der Waals surface area contributed by atoms with Crippen molar-refractivity contribution in [1.29, 1.82) is 0 Å². The highest BCUT2D eigenvalue weighted by Gasteiger charge is 2.27. The van der Waals surface area contributed by atoms with Crippen molar-refractivity contribution in [3.05, 3.63) is 11.6 Å². The van der Waals surface area contributed by atoms with Gasteiger partial charge in [0.2, 0.25) is 0 Å². The lowest BCUT2D eigenvalue weighted by atomic mass is 9.71. The van der Waals surface area contributed by atoms with E-state index in [-0.39, 0.29) is 0 Å². The second-order valence-electron chi connectivity index (χ2n) is 9.19. The first kappa shape index (κ1) is 18.7. The minimum atomic E-state index is 0.418. The molecule has 114 valence electrons. The van der Waals surface area contributed by atoms with E-state index in [1.807, 2.05) is 0 Å². The summed E-state index contributed by atoms with van der Waals surface area (Å²) in [6.45, 7) is 21.2. The summed E-state index contributed by atoms with van der Waals surface area (Å²) >= 11 is 0. The van der Waals surface area contributed by atoms with E-state index in [4.69, 9.17) is 0 Å². The largest absolute Gasteiger partial charge is 0.0856 e. The summed E-state index contributed by atoms with van der Waals surface area (Å²) in [7, 11) is 0. The summed E-state index contributed by atoms with van der Waals surface area (Å²) in [6.07, 6.45) is 8.78. The van der Waals surface area contributed by atoms with Gasteiger partial charge in [0.25, 0.3) is 0 Å². The molecular formula is C19H38. The first-order valence-electron chi connectivity index (χ1n) is 8.03. The molecule has 0 amide bonds. The highest BCUT2D eigenvalue weighted by Crippen LogP contribution is 2.39. The summed E-state index contributed by atoms with van der Waals surface area (Å²) in [5.74, 6) is 0. The van der Waals surface area contributed by atoms with Crippen LogP contribution in [0.4, 0.5) is 0 Å². The van der Waals surface area contributed by atoms with Crippen LogP contribution in [0.2, 0.25) is 0 Å². The molecule has 0 rings (SSSR count). The van der Waals surface area contributed by atoms with Gasteiger partial charge in [-0.1, -0.05) is 73.5 Å². The van der Waals surface area contributed by atoms with Crippen molar-refractivity contribution in [3.8, 4) is 0 Å². The van der Waals surface area contributed by atoms with Crippen molar-refractivity contribution >= 4 is 0 Å². The number of rotatable bonds is 7. The van der Waals surface area contributed by atoms with Gasteiger partial charge in [-0.3, -0.25) is 0 Å². The Morgan fingerprint density at radius 3 is 1.84 bits per heavy atom. The molecule has 0 aromatic carbocycles. The van der Waals surface area contributed by atoms with Crippen molar-refractivity contribution in [2.24, 2.45) is 16.2 Å². The molecule has 0 fully saturated rings. The highest BCUT2D eigenvalue weighted by atomic mass is 14.3. The molecule has 0 aliphatic heterocycles. The van der Waals surface area contributed by atoms with Crippen LogP contribution in [0.5, 0.6) is 0 Å². The fourth-order valence-corrected chi connectivity index (χ4v) is 3.06. The first-order chi connectivity index (χ1) is 8.37. The van der Waals surface area contributed by atoms with Crippen LogP contribution in [0.25, 0.3) is 0 Å². The molecule has 0 N–H and O–H groups in total. The third kappa shape index (κ3) is 10.2. The van der Waals surface area contributed by atoms with Gasteiger partial charge >= 0.3 is 0 Å². The van der Waals surface area contributed by atoms with E-state index in [0.29, 0.717) is 16.2 Å². The van der Waals surface area contributed by atoms with Crippen LogP contribution < -0.4 is 0 Å². The number of hydrogen-bond acceptors (Lipinski definition) is 0. The predicted octanol–water partition coefficient (Wildman–Crippen LogP) is 7.00. The third-order valence-corrected chi connectivity index (χ3v) is 4.06. The van der Waals surface area contributed by atoms with E-state index >= 15 is 0 Å². The Morgan fingerprint density at radius 1 is 0.895 bits per heavy atom. The maximum absolute atomic E-state index is 2.46. The Labute approximate surface area is 123 Å². The number of allylic oxidation sites excluding steroid dienone is 2. The van der Waals surface area contributed by atoms with Crippen molar-refractivity contribution in [1.82, 2.24) is 0 Å². The lowest BCUT2D eigenvalue weighted by Gasteiger charge is -2.34. The quantitative estimate of drug-likeness (QED) is 0.435. The van der Waals surface area contributed by atoms with Crippen molar-refractivity contribution in [2.75, 3.05) is 0 Å². The second-order valence-corrected chi connectivity index (χ2v) is 9.19. The molecule has 0 saturated heterocycles. The summed E-state index contributed by atoms with van der Waals surface area (Å²) in [5.41, 5.74) is 2.91. The van der Waals surface area contributed by atoms with Gasteiger partial charge in [0, 0.05) is 0 Å². The zero-order valence-corrected chi connectivity index (χ0v) is 15.1. The highest BCUT2D eigenvalue weighted by molar-refractivity contribution is 5.02. The molecular weight excluding hydrogens is 228 g/mol. The number of hydrogen-bond donors (Lipinski definition) is 0. The molecule has 0 unspecified atom stereocenters. The summed E-state index contributed by atoms with van der Waals surface area (Å²) in [6, 6.07) is 0. The van der Waals surface area contributed by atoms with Crippen LogP contribution >= 0.6 is 0 Å². The molecule has 0 aliphatic rings. The molecule has 0 atom stereocenters. The second kappa shape index (κ2) is 6.95. The normalized spacial score (nSPS) is 14.9. The Morgan fingerprint density at radius 2 is 1.42 bits per heavy atom. The Balaban J connectivity index is 4.37. The fraction of sp³-hybridized carbons (Fsp3) is 0.895. The average molecular weight is 267 g/mol. The van der Waals surface area contributed by atoms with Crippen LogP contribution in [0.1, 0.15) is 94.4 Å². The van der Waals surface area contributed by atoms with Gasteiger partial charge < -0.3 is 0 Å². The van der Waals surface area contributed by atoms with Gasteiger partial charge in [-0.05, 0) is 48.9 Å². The maximum Gasteiger partial charge on any atom is -0.0271 e. The summed E-state index contributed by atoms with van der Waals surface area (Å²) < 4.78 is 0. The molecule has 0 spiro atoms. The molecule has 0 aliphatic carbocycles. The average Bonchev–Trinajstić information content (AvgIpc) is 2.12. The zero-order valence-electron chi connectivity index (χ0n) is 15.1. The van der Waals surface area contributed by atoms with E-state index in [2.05, 4.69) is 68.4 Å². The first-order valence-corrected chi connectivity index (χ1v) is 8.03. The Bertz CT molecular complexity index is 284. The van der Waals surface area contributed by atoms with Gasteiger partial charge in [-0.15, -0.1) is 0 Å². The van der Waals surface area contributed by atoms with E-state index in [9.17, 15) is 0 Å². The molecule has 0 aromatic heterocycles. The van der Waals surface area contributed by atoms with Gasteiger partial charge in [0.05, 0.1) is 0 Å². The van der Waals surface area contributed by atoms with E-state index in [1.165, 1.54) is 32.1 Å². The van der Waals surface area contributed by atoms with Gasteiger partial charge in [-0.25, -0.2) is 0 Å². The molecule has 0 heterocycles. The standard InChI is InChI=1S/C19H38/c1-10-18(6,7)15-19(8,9)14-16(2)12-11-13-17(3,4)5/h12H,10-11,13-15H2,1-9H3. The SMILES string of the molecule is CCC(C)(C)CC(C)(C)CC(C)=CCCC(C)(C)C. The van der Waals surface area contributed by atoms with Crippen molar-refractivity contribution < 1.29 is 0 Å². The maximum atomic E-state index is 2.46. The molecule has 19 heavy (non-hydrogen) atoms. The Kier molecular flexibility index (Phi) is 6.86. The van der Waals surface area contributed by atoms with Crippen LogP contribution in [-0.2, 0) is 0 Å². The van der Waals surface area contributed by atoms with Crippen molar-refractivity contribution in [3.63, 3.8) is 0 Å². The van der Waals surface area contributed by atoms with Crippen LogP contribution in [0, 0.1) is 16.2 Å². The molecule has 0 aromatic rings. The predicted molar refractivity (Wildman–Crippen MR) is 89.5 cm³/mol. The smallest absolute Gasteiger partial charge is 0.0271 e. The monoisotopic (exact) mass is 266 g/mol. The van der Waals surface area contributed by atoms with E-state index < -0.39 is 0 Å². The minimum Gasteiger partial charge on any atom is -0.0856 e. The Hall–Kier alpha value is -0.260. The lowest BCUT2D eigenvalue weighted by Crippen LogP contribution is -2.22. The van der Waals surface area contributed by atoms with Crippen LogP contribution in [-0.4, -0.2) is 0 Å². The minimum absolute atomic E-state index is 0.418. The van der Waals surface area contributed by atoms with Crippen molar-refractivity contribution in [2.45, 2.75) is 94.4 Å². The summed E-state index contributed by atoms with van der Waals surface area (Å²) in [5, 5.41) is 0. The summed E-state index contributed by atoms with van der Waals surface area (Å²) in [4.78, 5) is 0. The van der Waals surface area contributed by atoms with Gasteiger partial charge in [-0.2, -0.15) is 0 Å². The van der Waals surface area contributed by atoms with Gasteiger partial charge in [0.15, 0.2) is 0 Å². The third-order valence-electron chi connectivity index (χ3n) is 4.06. The topological polar surface area (TPSA) is 0 Å². The molecule has 0 radical (unpaired) electrons. The van der Waals surface area contributed by atoms with E-state index in [1.54, 1.807) is 5.57 Å². The van der Waals surface area contributed by atoms with Crippen LogP contribution in [0.3, 0.4) is 0 Å². The molecule has 0 nitrogen and oxygen atoms in total. The zero-order chi connectivity index (χ0) is 15.3.